The van der Waals surface area contributed by atoms with Gasteiger partial charge in [-0.2, -0.15) is 0 Å². The lowest BCUT2D eigenvalue weighted by Gasteiger charge is -2.36. The van der Waals surface area contributed by atoms with Gasteiger partial charge in [-0.05, 0) is 53.9 Å². The smallest absolute Gasteiger partial charge is 0.325 e. The van der Waals surface area contributed by atoms with Crippen LogP contribution in [-0.2, 0) is 16.1 Å². The second kappa shape index (κ2) is 12.3. The highest BCUT2D eigenvalue weighted by Crippen LogP contribution is 2.21. The van der Waals surface area contributed by atoms with Gasteiger partial charge in [0.1, 0.15) is 6.54 Å². The molecule has 2 heterocycles. The number of anilines is 1. The highest BCUT2D eigenvalue weighted by atomic mass is 35.5. The second-order valence-corrected chi connectivity index (χ2v) is 8.93. The number of halogens is 1. The number of nitrogens with one attached hydrogen (secondary N) is 1. The summed E-state index contributed by atoms with van der Waals surface area (Å²) in [5.74, 6) is -0.427. The van der Waals surface area contributed by atoms with Crippen LogP contribution in [0.5, 0.6) is 0 Å². The molecule has 2 aromatic carbocycles. The predicted octanol–water partition coefficient (Wildman–Crippen LogP) is 4.15. The number of piperazine rings is 1. The summed E-state index contributed by atoms with van der Waals surface area (Å²) in [5.41, 5.74) is 4.36. The third-order valence-corrected chi connectivity index (χ3v) is 6.11. The van der Waals surface area contributed by atoms with Crippen molar-refractivity contribution in [3.05, 3.63) is 82.9 Å². The highest BCUT2D eigenvalue weighted by molar-refractivity contribution is 6.30. The minimum atomic E-state index is -0.427. The lowest BCUT2D eigenvalue weighted by Crippen LogP contribution is -2.52. The van der Waals surface area contributed by atoms with E-state index in [1.54, 1.807) is 24.3 Å². The number of rotatable bonds is 8. The summed E-state index contributed by atoms with van der Waals surface area (Å²) in [6.07, 6.45) is 9.62. The zero-order valence-corrected chi connectivity index (χ0v) is 21.0. The van der Waals surface area contributed by atoms with Crippen LogP contribution in [0.15, 0.2) is 61.2 Å². The van der Waals surface area contributed by atoms with E-state index in [0.29, 0.717) is 24.7 Å². The topological polar surface area (TPSA) is 79.7 Å². The Labute approximate surface area is 216 Å². The van der Waals surface area contributed by atoms with Crippen molar-refractivity contribution in [2.24, 2.45) is 0 Å². The molecule has 1 saturated heterocycles. The summed E-state index contributed by atoms with van der Waals surface area (Å²) in [7, 11) is 0. The molecule has 2 amide bonds. The second-order valence-electron chi connectivity index (χ2n) is 8.49. The van der Waals surface area contributed by atoms with E-state index in [-0.39, 0.29) is 12.6 Å². The van der Waals surface area contributed by atoms with Gasteiger partial charge in [0.25, 0.3) is 0 Å². The van der Waals surface area contributed by atoms with Crippen molar-refractivity contribution in [2.45, 2.75) is 13.5 Å². The normalized spacial score (nSPS) is 13.7. The molecule has 4 rings (SSSR count). The van der Waals surface area contributed by atoms with Crippen molar-refractivity contribution >= 4 is 41.4 Å². The Morgan fingerprint density at radius 1 is 1.06 bits per heavy atom. The molecule has 36 heavy (non-hydrogen) atoms. The lowest BCUT2D eigenvalue weighted by atomic mass is 10.1. The molecular formula is C27H30ClN5O3. The van der Waals surface area contributed by atoms with Crippen molar-refractivity contribution in [2.75, 3.05) is 44.2 Å². The van der Waals surface area contributed by atoms with Crippen LogP contribution in [-0.4, -0.2) is 65.8 Å². The Bertz CT molecular complexity index is 1190. The minimum absolute atomic E-state index is 0.108. The molecule has 0 unspecified atom stereocenters. The number of carbonyl (C=O) groups excluding carboxylic acids is 2. The maximum atomic E-state index is 12.3. The molecule has 1 aromatic heterocycles. The van der Waals surface area contributed by atoms with Crippen LogP contribution in [0.1, 0.15) is 23.6 Å². The van der Waals surface area contributed by atoms with Crippen LogP contribution in [0.25, 0.3) is 12.2 Å². The number of esters is 1. The van der Waals surface area contributed by atoms with E-state index in [1.165, 1.54) is 0 Å². The van der Waals surface area contributed by atoms with Crippen LogP contribution in [0.2, 0.25) is 5.02 Å². The van der Waals surface area contributed by atoms with E-state index in [9.17, 15) is 9.59 Å². The van der Waals surface area contributed by atoms with Crippen LogP contribution in [0, 0.1) is 0 Å². The standard InChI is InChI=1S/C27H30ClN5O3/c1-2-36-26(34)18-30-27(35)33-13-11-32(12-14-33)25-7-5-21(6-8-25)3-4-22-15-23(17-24(28)16-22)19-31-10-9-29-20-31/h3-10,15-17,20H,2,11-14,18-19H2,1H3,(H,30,35). The molecule has 1 N–H and O–H groups in total. The SMILES string of the molecule is CCOC(=O)CNC(=O)N1CCN(c2ccc(C=Cc3cc(Cl)cc(Cn4ccnc4)c3)cc2)CC1. The first-order valence-corrected chi connectivity index (χ1v) is 12.3. The average Bonchev–Trinajstić information content (AvgIpc) is 3.39. The summed E-state index contributed by atoms with van der Waals surface area (Å²) in [4.78, 5) is 31.8. The molecule has 0 saturated carbocycles. The third-order valence-electron chi connectivity index (χ3n) is 5.89. The van der Waals surface area contributed by atoms with E-state index in [1.807, 2.05) is 22.9 Å². The van der Waals surface area contributed by atoms with Crippen LogP contribution in [0.4, 0.5) is 10.5 Å². The minimum Gasteiger partial charge on any atom is -0.465 e. The van der Waals surface area contributed by atoms with Crippen molar-refractivity contribution in [3.8, 4) is 0 Å². The number of amides is 2. The Morgan fingerprint density at radius 3 is 2.50 bits per heavy atom. The highest BCUT2D eigenvalue weighted by Gasteiger charge is 2.21. The predicted molar refractivity (Wildman–Crippen MR) is 142 cm³/mol. The van der Waals surface area contributed by atoms with Gasteiger partial charge in [-0.15, -0.1) is 0 Å². The van der Waals surface area contributed by atoms with Crippen LogP contribution < -0.4 is 10.2 Å². The first kappa shape index (κ1) is 25.3. The number of nitrogens with zero attached hydrogens (tertiary/aromatic N) is 4. The fourth-order valence-corrected chi connectivity index (χ4v) is 4.35. The van der Waals surface area contributed by atoms with Gasteiger partial charge >= 0.3 is 12.0 Å². The molecule has 0 spiro atoms. The number of hydrogen-bond acceptors (Lipinski definition) is 5. The average molecular weight is 508 g/mol. The molecular weight excluding hydrogens is 478 g/mol. The lowest BCUT2D eigenvalue weighted by molar-refractivity contribution is -0.141. The maximum Gasteiger partial charge on any atom is 0.325 e. The Hall–Kier alpha value is -3.78. The summed E-state index contributed by atoms with van der Waals surface area (Å²) >= 11 is 6.34. The van der Waals surface area contributed by atoms with Gasteiger partial charge in [-0.25, -0.2) is 9.78 Å². The number of carbonyl (C=O) groups is 2. The maximum absolute atomic E-state index is 12.3. The number of ether oxygens (including phenoxy) is 1. The van der Waals surface area contributed by atoms with Crippen LogP contribution >= 0.6 is 11.6 Å². The zero-order chi connectivity index (χ0) is 25.3. The third kappa shape index (κ3) is 7.11. The molecule has 1 aliphatic rings. The van der Waals surface area contributed by atoms with E-state index in [2.05, 4.69) is 57.7 Å². The largest absolute Gasteiger partial charge is 0.465 e. The molecule has 3 aromatic rings. The van der Waals surface area contributed by atoms with Crippen molar-refractivity contribution in [1.29, 1.82) is 0 Å². The van der Waals surface area contributed by atoms with Crippen molar-refractivity contribution in [1.82, 2.24) is 19.8 Å². The van der Waals surface area contributed by atoms with Gasteiger partial charge in [-0.1, -0.05) is 35.9 Å². The fourth-order valence-electron chi connectivity index (χ4n) is 4.08. The van der Waals surface area contributed by atoms with Gasteiger partial charge in [0, 0.05) is 55.8 Å². The number of urea groups is 1. The van der Waals surface area contributed by atoms with Crippen molar-refractivity contribution in [3.63, 3.8) is 0 Å². The van der Waals surface area contributed by atoms with Gasteiger partial charge in [-0.3, -0.25) is 4.79 Å². The number of benzene rings is 2. The van der Waals surface area contributed by atoms with E-state index in [4.69, 9.17) is 16.3 Å². The van der Waals surface area contributed by atoms with E-state index >= 15 is 0 Å². The molecule has 0 bridgehead atoms. The zero-order valence-electron chi connectivity index (χ0n) is 20.3. The Kier molecular flexibility index (Phi) is 8.62. The number of aromatic nitrogens is 2. The molecule has 0 radical (unpaired) electrons. The molecule has 188 valence electrons. The number of hydrogen-bond donors (Lipinski definition) is 1. The van der Waals surface area contributed by atoms with Gasteiger partial charge in [0.2, 0.25) is 0 Å². The first-order chi connectivity index (χ1) is 17.5. The molecule has 0 aliphatic carbocycles. The summed E-state index contributed by atoms with van der Waals surface area (Å²) in [5, 5.41) is 3.32. The Morgan fingerprint density at radius 2 is 1.81 bits per heavy atom. The van der Waals surface area contributed by atoms with Crippen molar-refractivity contribution < 1.29 is 14.3 Å². The molecule has 9 heteroatoms. The summed E-state index contributed by atoms with van der Waals surface area (Å²) in [6, 6.07) is 14.2. The summed E-state index contributed by atoms with van der Waals surface area (Å²) < 4.78 is 6.85. The van der Waals surface area contributed by atoms with Gasteiger partial charge in [0.05, 0.1) is 12.9 Å². The number of imidazole rings is 1. The Balaban J connectivity index is 1.29. The first-order valence-electron chi connectivity index (χ1n) is 12.0. The van der Waals surface area contributed by atoms with E-state index in [0.717, 1.165) is 42.0 Å². The molecule has 8 nitrogen and oxygen atoms in total. The summed E-state index contributed by atoms with van der Waals surface area (Å²) in [6.45, 7) is 5.28. The fraction of sp³-hybridized carbons (Fsp3) is 0.296. The van der Waals surface area contributed by atoms with Crippen LogP contribution in [0.3, 0.4) is 0 Å². The van der Waals surface area contributed by atoms with E-state index < -0.39 is 5.97 Å². The van der Waals surface area contributed by atoms with Gasteiger partial charge in [0.15, 0.2) is 0 Å². The quantitative estimate of drug-likeness (QED) is 0.366. The van der Waals surface area contributed by atoms with Gasteiger partial charge < -0.3 is 24.4 Å². The molecule has 1 aliphatic heterocycles. The molecule has 1 fully saturated rings. The monoisotopic (exact) mass is 507 g/mol. The molecule has 0 atom stereocenters.